The van der Waals surface area contributed by atoms with Gasteiger partial charge >= 0.3 is 39.5 Å². The summed E-state index contributed by atoms with van der Waals surface area (Å²) in [7, 11) is -9.92. The summed E-state index contributed by atoms with van der Waals surface area (Å²) in [5.74, 6) is 0.176. The molecule has 0 aliphatic rings. The topological polar surface area (TPSA) is 237 Å². The third kappa shape index (κ3) is 72.8. The highest BCUT2D eigenvalue weighted by molar-refractivity contribution is 7.47. The Morgan fingerprint density at radius 2 is 0.515 bits per heavy atom. The fourth-order valence-electron chi connectivity index (χ4n) is 12.3. The molecule has 3 N–H and O–H groups in total. The quantitative estimate of drug-likeness (QED) is 0.0222. The molecule has 3 unspecified atom stereocenters. The number of rotatable bonds is 78. The van der Waals surface area contributed by atoms with Crippen molar-refractivity contribution in [3.05, 3.63) is 0 Å². The maximum absolute atomic E-state index is 13.1. The number of aliphatic hydroxyl groups excluding tert-OH is 1. The summed E-state index contributed by atoms with van der Waals surface area (Å²) in [6.45, 7) is 11.9. The predicted molar refractivity (Wildman–Crippen MR) is 405 cm³/mol. The largest absolute Gasteiger partial charge is 0.472 e. The summed E-state index contributed by atoms with van der Waals surface area (Å²) in [5, 5.41) is 10.6. The first-order valence-electron chi connectivity index (χ1n) is 41.4. The fraction of sp³-hybridized carbons (Fsp3) is 0.950. The van der Waals surface area contributed by atoms with E-state index in [0.717, 1.165) is 114 Å². The number of phosphoric ester groups is 2. The Hall–Kier alpha value is -1.94. The van der Waals surface area contributed by atoms with Gasteiger partial charge in [-0.3, -0.25) is 37.3 Å². The minimum Gasteiger partial charge on any atom is -0.462 e. The molecule has 0 saturated carbocycles. The van der Waals surface area contributed by atoms with Crippen molar-refractivity contribution in [3.8, 4) is 0 Å². The molecule has 0 aromatic carbocycles. The van der Waals surface area contributed by atoms with Crippen LogP contribution in [-0.4, -0.2) is 96.7 Å². The maximum Gasteiger partial charge on any atom is 0.472 e. The summed E-state index contributed by atoms with van der Waals surface area (Å²) >= 11 is 0. The summed E-state index contributed by atoms with van der Waals surface area (Å²) in [4.78, 5) is 73.0. The van der Waals surface area contributed by atoms with E-state index < -0.39 is 97.5 Å². The highest BCUT2D eigenvalue weighted by Crippen LogP contribution is 2.45. The molecule has 0 fully saturated rings. The molecule has 0 spiro atoms. The molecule has 0 rings (SSSR count). The second-order valence-corrected chi connectivity index (χ2v) is 32.9. The van der Waals surface area contributed by atoms with E-state index in [0.29, 0.717) is 25.7 Å². The van der Waals surface area contributed by atoms with Crippen molar-refractivity contribution in [1.82, 2.24) is 0 Å². The number of ether oxygens (including phenoxy) is 4. The lowest BCUT2D eigenvalue weighted by Gasteiger charge is -2.21. The van der Waals surface area contributed by atoms with Gasteiger partial charge in [-0.2, -0.15) is 0 Å². The lowest BCUT2D eigenvalue weighted by molar-refractivity contribution is -0.161. The Kier molecular flexibility index (Phi) is 69.0. The molecule has 0 aromatic rings. The highest BCUT2D eigenvalue weighted by atomic mass is 31.2. The van der Waals surface area contributed by atoms with Gasteiger partial charge < -0.3 is 33.8 Å². The Balaban J connectivity index is 5.25. The van der Waals surface area contributed by atoms with Gasteiger partial charge in [-0.05, 0) is 43.4 Å². The minimum atomic E-state index is -4.96. The van der Waals surface area contributed by atoms with Crippen LogP contribution < -0.4 is 0 Å². The first-order valence-corrected chi connectivity index (χ1v) is 44.4. The number of esters is 4. The molecule has 99 heavy (non-hydrogen) atoms. The zero-order valence-electron chi connectivity index (χ0n) is 65.0. The first-order chi connectivity index (χ1) is 47.8. The summed E-state index contributed by atoms with van der Waals surface area (Å²) in [6.07, 6.45) is 58.3. The summed E-state index contributed by atoms with van der Waals surface area (Å²) in [6, 6.07) is 0. The molecule has 19 heteroatoms. The second kappa shape index (κ2) is 70.4. The Morgan fingerprint density at radius 3 is 0.768 bits per heavy atom. The number of unbranched alkanes of at least 4 members (excludes halogenated alkanes) is 45. The second-order valence-electron chi connectivity index (χ2n) is 30.0. The van der Waals surface area contributed by atoms with Gasteiger partial charge in [0.2, 0.25) is 0 Å². The molecule has 0 aromatic heterocycles. The molecule has 0 bridgehead atoms. The van der Waals surface area contributed by atoms with E-state index >= 15 is 0 Å². The van der Waals surface area contributed by atoms with Crippen molar-refractivity contribution in [3.63, 3.8) is 0 Å². The van der Waals surface area contributed by atoms with Crippen molar-refractivity contribution in [1.29, 1.82) is 0 Å². The van der Waals surface area contributed by atoms with Gasteiger partial charge in [0.1, 0.15) is 19.3 Å². The summed E-state index contributed by atoms with van der Waals surface area (Å²) < 4.78 is 68.7. The number of hydrogen-bond acceptors (Lipinski definition) is 15. The van der Waals surface area contributed by atoms with Crippen LogP contribution in [0.15, 0.2) is 0 Å². The Bertz CT molecular complexity index is 1920. The van der Waals surface area contributed by atoms with Crippen LogP contribution in [0.4, 0.5) is 0 Å². The van der Waals surface area contributed by atoms with E-state index in [-0.39, 0.29) is 25.7 Å². The number of carbonyl (C=O) groups is 4. The van der Waals surface area contributed by atoms with E-state index in [1.165, 1.54) is 218 Å². The van der Waals surface area contributed by atoms with Crippen LogP contribution in [0.5, 0.6) is 0 Å². The van der Waals surface area contributed by atoms with E-state index in [4.69, 9.17) is 37.0 Å². The SMILES string of the molecule is CCCCCCCCCCCCCCCCCCCCCC(=O)O[C@H](COC(=O)CCCCCCCCCCCCCCC(C)C)COP(=O)(O)OC[C@@H](O)COP(=O)(O)OC[C@@H](COC(=O)CCCCCCCCC(C)CC)OC(=O)CCCCCCCCCCCCCCC(C)C. The van der Waals surface area contributed by atoms with Crippen molar-refractivity contribution < 1.29 is 80.2 Å². The maximum atomic E-state index is 13.1. The van der Waals surface area contributed by atoms with Crippen LogP contribution in [0.3, 0.4) is 0 Å². The zero-order valence-corrected chi connectivity index (χ0v) is 66.8. The van der Waals surface area contributed by atoms with Crippen molar-refractivity contribution in [2.24, 2.45) is 17.8 Å². The molecule has 0 radical (unpaired) electrons. The van der Waals surface area contributed by atoms with Gasteiger partial charge in [0.25, 0.3) is 0 Å². The van der Waals surface area contributed by atoms with Crippen LogP contribution >= 0.6 is 15.6 Å². The normalized spacial score (nSPS) is 14.3. The van der Waals surface area contributed by atoms with E-state index in [9.17, 15) is 43.2 Å². The van der Waals surface area contributed by atoms with E-state index in [1.807, 2.05) is 0 Å². The average Bonchev–Trinajstić information content (AvgIpc) is 1.06. The molecule has 588 valence electrons. The third-order valence-corrected chi connectivity index (χ3v) is 20.9. The van der Waals surface area contributed by atoms with Crippen LogP contribution in [-0.2, 0) is 65.4 Å². The Morgan fingerprint density at radius 1 is 0.293 bits per heavy atom. The molecule has 0 amide bonds. The molecule has 0 saturated heterocycles. The lowest BCUT2D eigenvalue weighted by atomic mass is 10.00. The smallest absolute Gasteiger partial charge is 0.462 e. The van der Waals surface area contributed by atoms with Crippen molar-refractivity contribution in [2.45, 2.75) is 433 Å². The van der Waals surface area contributed by atoms with Gasteiger partial charge in [0.15, 0.2) is 12.2 Å². The predicted octanol–water partition coefficient (Wildman–Crippen LogP) is 23.7. The fourth-order valence-corrected chi connectivity index (χ4v) is 13.9. The molecule has 17 nitrogen and oxygen atoms in total. The summed E-state index contributed by atoms with van der Waals surface area (Å²) in [5.41, 5.74) is 0. The van der Waals surface area contributed by atoms with Gasteiger partial charge in [0.05, 0.1) is 26.4 Å². The minimum absolute atomic E-state index is 0.106. The first kappa shape index (κ1) is 97.1. The van der Waals surface area contributed by atoms with Gasteiger partial charge in [-0.1, -0.05) is 363 Å². The highest BCUT2D eigenvalue weighted by Gasteiger charge is 2.30. The lowest BCUT2D eigenvalue weighted by Crippen LogP contribution is -2.30. The van der Waals surface area contributed by atoms with Crippen molar-refractivity contribution >= 4 is 39.5 Å². The van der Waals surface area contributed by atoms with Crippen LogP contribution in [0.25, 0.3) is 0 Å². The number of carbonyl (C=O) groups excluding carboxylic acids is 4. The molecule has 0 heterocycles. The molecular weight excluding hydrogens is 1290 g/mol. The van der Waals surface area contributed by atoms with Crippen LogP contribution in [0.2, 0.25) is 0 Å². The van der Waals surface area contributed by atoms with Crippen LogP contribution in [0.1, 0.15) is 414 Å². The van der Waals surface area contributed by atoms with E-state index in [2.05, 4.69) is 48.5 Å². The number of hydrogen-bond donors (Lipinski definition) is 3. The molecular formula is C80H156O17P2. The van der Waals surface area contributed by atoms with Gasteiger partial charge in [-0.25, -0.2) is 9.13 Å². The number of aliphatic hydroxyl groups is 1. The Labute approximate surface area is 607 Å². The van der Waals surface area contributed by atoms with Gasteiger partial charge in [-0.15, -0.1) is 0 Å². The third-order valence-electron chi connectivity index (χ3n) is 19.0. The van der Waals surface area contributed by atoms with Crippen LogP contribution in [0, 0.1) is 17.8 Å². The molecule has 0 aliphatic heterocycles. The van der Waals surface area contributed by atoms with E-state index in [1.54, 1.807) is 0 Å². The standard InChI is InChI=1S/C80H156O17P2/c1-8-10-11-12-13-14-15-16-17-18-19-20-21-22-30-35-40-49-56-63-79(84)96-75(67-90-77(82)61-54-47-39-34-29-25-23-27-32-37-44-51-58-71(3)4)69-94-98(86,87)92-65-74(81)66-93-99(88,89)95-70-76(68-91-78(83)62-55-48-43-42-46-53-60-73(7)9-2)97-80(85)64-57-50-41-36-31-26-24-28-33-38-45-52-59-72(5)6/h71-76,81H,8-70H2,1-7H3,(H,86,87)(H,88,89)/t73?,74-,75-,76-/m1/s1. The van der Waals surface area contributed by atoms with Gasteiger partial charge in [0, 0.05) is 25.7 Å². The molecule has 6 atom stereocenters. The zero-order chi connectivity index (χ0) is 73.0. The molecule has 0 aliphatic carbocycles. The average molecular weight is 1450 g/mol. The monoisotopic (exact) mass is 1450 g/mol. The number of phosphoric acid groups is 2. The van der Waals surface area contributed by atoms with Crippen molar-refractivity contribution in [2.75, 3.05) is 39.6 Å².